The molecular weight excluding hydrogens is 418 g/mol. The molecule has 0 saturated heterocycles. The lowest BCUT2D eigenvalue weighted by Crippen LogP contribution is -2.51. The Bertz CT molecular complexity index is 809. The van der Waals surface area contributed by atoms with E-state index < -0.39 is 0 Å². The van der Waals surface area contributed by atoms with Crippen molar-refractivity contribution < 1.29 is 9.53 Å². The second-order valence-corrected chi connectivity index (χ2v) is 13.1. The zero-order valence-electron chi connectivity index (χ0n) is 22.5. The summed E-state index contributed by atoms with van der Waals surface area (Å²) in [5.74, 6) is 7.58. The molecule has 0 heterocycles. The lowest BCUT2D eigenvalue weighted by molar-refractivity contribution is -0.0581. The quantitative estimate of drug-likeness (QED) is 0.307. The summed E-state index contributed by atoms with van der Waals surface area (Å²) in [4.78, 5) is 12.0. The summed E-state index contributed by atoms with van der Waals surface area (Å²) in [7, 11) is 0. The Balaban J connectivity index is 1.42. The standard InChI is InChI=1S/C31H49NO2/c1-7-19-32-29(33)34-24-15-17-30(5)23(20-24)11-12-25-27-14-13-26(22(4)10-8-9-21(2)3)31(27,6)18-16-28(25)30/h1,11,21-22,24-28H,8-10,12-20H2,2-6H3,(H,32,33)/t22-,24?,25+,26-,27+,28+,30+,31-/m0/s1. The van der Waals surface area contributed by atoms with Crippen molar-refractivity contribution in [3.05, 3.63) is 11.6 Å². The Morgan fingerprint density at radius 2 is 1.94 bits per heavy atom. The van der Waals surface area contributed by atoms with Gasteiger partial charge in [0.05, 0.1) is 6.54 Å². The van der Waals surface area contributed by atoms with Crippen molar-refractivity contribution >= 4 is 6.09 Å². The molecule has 1 N–H and O–H groups in total. The van der Waals surface area contributed by atoms with Crippen molar-refractivity contribution in [3.63, 3.8) is 0 Å². The van der Waals surface area contributed by atoms with Gasteiger partial charge >= 0.3 is 6.09 Å². The molecule has 3 nitrogen and oxygen atoms in total. The van der Waals surface area contributed by atoms with Crippen LogP contribution in [0.5, 0.6) is 0 Å². The molecule has 3 saturated carbocycles. The number of carbonyl (C=O) groups excluding carboxylic acids is 1. The number of terminal acetylenes is 1. The minimum absolute atomic E-state index is 0.00921. The second-order valence-electron chi connectivity index (χ2n) is 13.1. The number of allylic oxidation sites excluding steroid dienone is 1. The molecule has 0 bridgehead atoms. The maximum Gasteiger partial charge on any atom is 0.408 e. The minimum atomic E-state index is -0.367. The molecule has 4 aliphatic rings. The molecule has 4 rings (SSSR count). The van der Waals surface area contributed by atoms with E-state index in [9.17, 15) is 4.79 Å². The first kappa shape index (κ1) is 25.7. The molecule has 34 heavy (non-hydrogen) atoms. The van der Waals surface area contributed by atoms with Crippen molar-refractivity contribution in [2.75, 3.05) is 6.54 Å². The van der Waals surface area contributed by atoms with E-state index in [1.54, 1.807) is 5.57 Å². The molecule has 8 atom stereocenters. The summed E-state index contributed by atoms with van der Waals surface area (Å²) >= 11 is 0. The summed E-state index contributed by atoms with van der Waals surface area (Å²) in [6.45, 7) is 12.7. The Morgan fingerprint density at radius 3 is 2.68 bits per heavy atom. The fraction of sp³-hybridized carbons (Fsp3) is 0.839. The predicted molar refractivity (Wildman–Crippen MR) is 140 cm³/mol. The van der Waals surface area contributed by atoms with Gasteiger partial charge in [-0.05, 0) is 91.3 Å². The van der Waals surface area contributed by atoms with Crippen molar-refractivity contribution in [1.29, 1.82) is 0 Å². The Morgan fingerprint density at radius 1 is 1.15 bits per heavy atom. The molecular formula is C31H49NO2. The molecule has 0 radical (unpaired) electrons. The van der Waals surface area contributed by atoms with E-state index in [0.29, 0.717) is 10.8 Å². The number of hydrogen-bond donors (Lipinski definition) is 1. The summed E-state index contributed by atoms with van der Waals surface area (Å²) in [5.41, 5.74) is 2.39. The highest BCUT2D eigenvalue weighted by molar-refractivity contribution is 5.67. The molecule has 0 aromatic heterocycles. The van der Waals surface area contributed by atoms with Crippen LogP contribution in [0.1, 0.15) is 105 Å². The number of rotatable bonds is 7. The summed E-state index contributed by atoms with van der Waals surface area (Å²) in [5, 5.41) is 2.65. The molecule has 0 aromatic carbocycles. The third-order valence-electron chi connectivity index (χ3n) is 10.9. The second kappa shape index (κ2) is 10.3. The Labute approximate surface area is 209 Å². The van der Waals surface area contributed by atoms with Gasteiger partial charge in [-0.15, -0.1) is 6.42 Å². The number of nitrogens with one attached hydrogen (secondary N) is 1. The van der Waals surface area contributed by atoms with E-state index in [0.717, 1.165) is 54.8 Å². The van der Waals surface area contributed by atoms with Crippen LogP contribution in [0.2, 0.25) is 0 Å². The van der Waals surface area contributed by atoms with Gasteiger partial charge in [-0.3, -0.25) is 0 Å². The first-order valence-electron chi connectivity index (χ1n) is 14.3. The average Bonchev–Trinajstić information content (AvgIpc) is 3.15. The number of hydrogen-bond acceptors (Lipinski definition) is 2. The van der Waals surface area contributed by atoms with Crippen molar-refractivity contribution in [1.82, 2.24) is 5.32 Å². The maximum absolute atomic E-state index is 12.0. The lowest BCUT2D eigenvalue weighted by Gasteiger charge is -2.58. The minimum Gasteiger partial charge on any atom is -0.446 e. The van der Waals surface area contributed by atoms with Crippen LogP contribution in [0.4, 0.5) is 4.79 Å². The molecule has 3 fully saturated rings. The molecule has 3 heteroatoms. The average molecular weight is 468 g/mol. The van der Waals surface area contributed by atoms with Gasteiger partial charge in [-0.2, -0.15) is 0 Å². The third-order valence-corrected chi connectivity index (χ3v) is 10.9. The number of ether oxygens (including phenoxy) is 1. The van der Waals surface area contributed by atoms with Gasteiger partial charge < -0.3 is 10.1 Å². The largest absolute Gasteiger partial charge is 0.446 e. The van der Waals surface area contributed by atoms with Gasteiger partial charge in [0.15, 0.2) is 0 Å². The summed E-state index contributed by atoms with van der Waals surface area (Å²) in [6, 6.07) is 0. The van der Waals surface area contributed by atoms with Crippen LogP contribution in [0.25, 0.3) is 0 Å². The lowest BCUT2D eigenvalue weighted by atomic mass is 9.47. The topological polar surface area (TPSA) is 38.3 Å². The van der Waals surface area contributed by atoms with Gasteiger partial charge in [0.25, 0.3) is 0 Å². The van der Waals surface area contributed by atoms with E-state index >= 15 is 0 Å². The highest BCUT2D eigenvalue weighted by Crippen LogP contribution is 2.67. The van der Waals surface area contributed by atoms with E-state index in [1.807, 2.05) is 0 Å². The van der Waals surface area contributed by atoms with Gasteiger partial charge in [0.1, 0.15) is 6.10 Å². The van der Waals surface area contributed by atoms with Crippen LogP contribution in [-0.2, 0) is 4.74 Å². The molecule has 1 unspecified atom stereocenters. The van der Waals surface area contributed by atoms with Crippen molar-refractivity contribution in [2.24, 2.45) is 46.3 Å². The highest BCUT2D eigenvalue weighted by Gasteiger charge is 2.59. The molecule has 0 spiro atoms. The van der Waals surface area contributed by atoms with E-state index in [-0.39, 0.29) is 18.7 Å². The van der Waals surface area contributed by atoms with E-state index in [4.69, 9.17) is 11.2 Å². The van der Waals surface area contributed by atoms with Crippen LogP contribution in [-0.4, -0.2) is 18.7 Å². The number of amides is 1. The molecule has 0 aromatic rings. The summed E-state index contributed by atoms with van der Waals surface area (Å²) in [6.07, 6.45) is 21.6. The number of alkyl carbamates (subject to hydrolysis) is 1. The van der Waals surface area contributed by atoms with Gasteiger partial charge in [-0.1, -0.05) is 71.5 Å². The van der Waals surface area contributed by atoms with Crippen LogP contribution in [0.15, 0.2) is 11.6 Å². The maximum atomic E-state index is 12.0. The molecule has 0 aliphatic heterocycles. The van der Waals surface area contributed by atoms with E-state index in [1.165, 1.54) is 51.4 Å². The highest BCUT2D eigenvalue weighted by atomic mass is 16.6. The van der Waals surface area contributed by atoms with Gasteiger partial charge in [0, 0.05) is 6.42 Å². The summed E-state index contributed by atoms with van der Waals surface area (Å²) < 4.78 is 5.71. The van der Waals surface area contributed by atoms with Crippen molar-refractivity contribution in [3.8, 4) is 12.3 Å². The van der Waals surface area contributed by atoms with Gasteiger partial charge in [-0.25, -0.2) is 4.79 Å². The Hall–Kier alpha value is -1.43. The third kappa shape index (κ3) is 4.81. The van der Waals surface area contributed by atoms with Gasteiger partial charge in [0.2, 0.25) is 0 Å². The van der Waals surface area contributed by atoms with Crippen LogP contribution < -0.4 is 5.32 Å². The fourth-order valence-electron chi connectivity index (χ4n) is 9.07. The smallest absolute Gasteiger partial charge is 0.408 e. The molecule has 1 amide bonds. The number of fused-ring (bicyclic) bond motifs is 5. The van der Waals surface area contributed by atoms with Crippen LogP contribution in [0, 0.1) is 58.7 Å². The van der Waals surface area contributed by atoms with Crippen molar-refractivity contribution in [2.45, 2.75) is 111 Å². The zero-order chi connectivity index (χ0) is 24.5. The molecule has 4 aliphatic carbocycles. The molecule has 190 valence electrons. The first-order valence-corrected chi connectivity index (χ1v) is 14.3. The van der Waals surface area contributed by atoms with Crippen LogP contribution >= 0.6 is 0 Å². The zero-order valence-corrected chi connectivity index (χ0v) is 22.5. The normalized spacial score (nSPS) is 39.8. The predicted octanol–water partition coefficient (Wildman–Crippen LogP) is 7.76. The Kier molecular flexibility index (Phi) is 7.76. The number of carbonyl (C=O) groups is 1. The first-order chi connectivity index (χ1) is 16.2. The van der Waals surface area contributed by atoms with Crippen LogP contribution in [0.3, 0.4) is 0 Å². The fourth-order valence-corrected chi connectivity index (χ4v) is 9.07. The SMILES string of the molecule is C#CCNC(=O)OC1CC[C@]2(C)C(=CC[C@@H]3[C@H]4CC[C@@H]([C@@H](C)CCCC(C)C)[C@]4(C)CC[C@H]32)C1. The van der Waals surface area contributed by atoms with E-state index in [2.05, 4.69) is 51.9 Å². The monoisotopic (exact) mass is 467 g/mol.